The molecule has 0 aliphatic heterocycles. The van der Waals surface area contributed by atoms with Crippen LogP contribution in [0, 0.1) is 0 Å². The van der Waals surface area contributed by atoms with Gasteiger partial charge in [-0.3, -0.25) is 0 Å². The van der Waals surface area contributed by atoms with E-state index in [1.165, 1.54) is 6.20 Å². The molecule has 0 aliphatic carbocycles. The van der Waals surface area contributed by atoms with E-state index in [-0.39, 0.29) is 5.82 Å². The Kier molecular flexibility index (Phi) is 1.76. The molecule has 0 radical (unpaired) electrons. The van der Waals surface area contributed by atoms with Crippen LogP contribution in [0.4, 0.5) is 13.2 Å². The van der Waals surface area contributed by atoms with Gasteiger partial charge in [0.25, 0.3) is 0 Å². The number of nitrogens with zero attached hydrogens (tertiary/aromatic N) is 4. The molecule has 0 saturated heterocycles. The predicted molar refractivity (Wildman–Crippen MR) is 38.5 cm³/mol. The predicted octanol–water partition coefficient (Wildman–Crippen LogP) is 1.01. The molecule has 0 bridgehead atoms. The standard InChI is InChI=1S/C6H4F3N5/c7-6(8,9)4-1-2-10-5(4)14-3-11-12-13-14/h1-3,10H. The first-order valence-electron chi connectivity index (χ1n) is 3.57. The maximum Gasteiger partial charge on any atom is 0.420 e. The Bertz CT molecular complexity index is 415. The lowest BCUT2D eigenvalue weighted by atomic mass is 10.3. The monoisotopic (exact) mass is 203 g/mol. The number of halogens is 3. The van der Waals surface area contributed by atoms with Crippen LogP contribution in [0.5, 0.6) is 0 Å². The second-order valence-electron chi connectivity index (χ2n) is 2.49. The molecule has 2 heterocycles. The van der Waals surface area contributed by atoms with E-state index in [4.69, 9.17) is 0 Å². The van der Waals surface area contributed by atoms with Crippen LogP contribution in [-0.2, 0) is 6.18 Å². The summed E-state index contributed by atoms with van der Waals surface area (Å²) in [6.07, 6.45) is -2.15. The van der Waals surface area contributed by atoms with Crippen molar-refractivity contribution in [2.75, 3.05) is 0 Å². The first-order chi connectivity index (χ1) is 6.59. The third kappa shape index (κ3) is 1.34. The van der Waals surface area contributed by atoms with Crippen LogP contribution in [0.1, 0.15) is 5.56 Å². The Labute approximate surface area is 75.5 Å². The van der Waals surface area contributed by atoms with Gasteiger partial charge in [0, 0.05) is 6.20 Å². The van der Waals surface area contributed by atoms with E-state index in [9.17, 15) is 13.2 Å². The number of H-pyrrole nitrogens is 1. The zero-order chi connectivity index (χ0) is 10.2. The van der Waals surface area contributed by atoms with Crippen molar-refractivity contribution in [3.05, 3.63) is 24.2 Å². The quantitative estimate of drug-likeness (QED) is 0.752. The van der Waals surface area contributed by atoms with E-state index < -0.39 is 11.7 Å². The minimum absolute atomic E-state index is 0.192. The van der Waals surface area contributed by atoms with Gasteiger partial charge in [0.2, 0.25) is 0 Å². The topological polar surface area (TPSA) is 59.4 Å². The fraction of sp³-hybridized carbons (Fsp3) is 0.167. The lowest BCUT2D eigenvalue weighted by Gasteiger charge is -2.05. The van der Waals surface area contributed by atoms with Gasteiger partial charge in [-0.2, -0.15) is 17.9 Å². The Morgan fingerprint density at radius 2 is 2.14 bits per heavy atom. The van der Waals surface area contributed by atoms with Gasteiger partial charge < -0.3 is 4.98 Å². The van der Waals surface area contributed by atoms with Crippen LogP contribution in [0.15, 0.2) is 18.6 Å². The Balaban J connectivity index is 2.51. The highest BCUT2D eigenvalue weighted by Crippen LogP contribution is 2.32. The van der Waals surface area contributed by atoms with Crippen molar-refractivity contribution in [2.45, 2.75) is 6.18 Å². The molecule has 74 valence electrons. The molecule has 0 atom stereocenters. The van der Waals surface area contributed by atoms with Gasteiger partial charge in [-0.25, -0.2) is 0 Å². The van der Waals surface area contributed by atoms with Gasteiger partial charge in [-0.1, -0.05) is 0 Å². The van der Waals surface area contributed by atoms with E-state index in [2.05, 4.69) is 20.5 Å². The Hall–Kier alpha value is -1.86. The first-order valence-corrected chi connectivity index (χ1v) is 3.57. The minimum Gasteiger partial charge on any atom is -0.346 e. The molecule has 2 rings (SSSR count). The average Bonchev–Trinajstić information content (AvgIpc) is 2.73. The van der Waals surface area contributed by atoms with Gasteiger partial charge in [0.05, 0.1) is 5.56 Å². The summed E-state index contributed by atoms with van der Waals surface area (Å²) in [7, 11) is 0. The molecule has 0 saturated carbocycles. The number of aromatic nitrogens is 5. The third-order valence-corrected chi connectivity index (χ3v) is 1.61. The van der Waals surface area contributed by atoms with Crippen LogP contribution in [0.3, 0.4) is 0 Å². The molecule has 0 fully saturated rings. The summed E-state index contributed by atoms with van der Waals surface area (Å²) in [6, 6.07) is 0.928. The smallest absolute Gasteiger partial charge is 0.346 e. The number of alkyl halides is 3. The van der Waals surface area contributed by atoms with Crippen molar-refractivity contribution in [3.8, 4) is 5.82 Å². The van der Waals surface area contributed by atoms with Crippen LogP contribution >= 0.6 is 0 Å². The molecule has 0 aromatic carbocycles. The highest BCUT2D eigenvalue weighted by Gasteiger charge is 2.35. The van der Waals surface area contributed by atoms with E-state index >= 15 is 0 Å². The highest BCUT2D eigenvalue weighted by molar-refractivity contribution is 5.35. The lowest BCUT2D eigenvalue weighted by Crippen LogP contribution is -2.09. The molecule has 2 aromatic heterocycles. The molecule has 0 aliphatic rings. The third-order valence-electron chi connectivity index (χ3n) is 1.61. The summed E-state index contributed by atoms with van der Waals surface area (Å²) in [5.74, 6) is -0.192. The van der Waals surface area contributed by atoms with Gasteiger partial charge in [0.1, 0.15) is 12.1 Å². The highest BCUT2D eigenvalue weighted by atomic mass is 19.4. The zero-order valence-electron chi connectivity index (χ0n) is 6.65. The molecule has 0 spiro atoms. The first kappa shape index (κ1) is 8.73. The van der Waals surface area contributed by atoms with E-state index in [1.54, 1.807) is 0 Å². The zero-order valence-corrected chi connectivity index (χ0v) is 6.65. The van der Waals surface area contributed by atoms with Gasteiger partial charge in [0.15, 0.2) is 0 Å². The number of hydrogen-bond acceptors (Lipinski definition) is 3. The Morgan fingerprint density at radius 1 is 1.36 bits per heavy atom. The molecule has 14 heavy (non-hydrogen) atoms. The normalized spacial score (nSPS) is 11.9. The molecular weight excluding hydrogens is 199 g/mol. The van der Waals surface area contributed by atoms with Crippen molar-refractivity contribution in [1.29, 1.82) is 0 Å². The summed E-state index contributed by atoms with van der Waals surface area (Å²) in [5.41, 5.74) is -0.801. The number of aromatic amines is 1. The van der Waals surface area contributed by atoms with Crippen LogP contribution in [0.25, 0.3) is 5.82 Å². The van der Waals surface area contributed by atoms with E-state index in [0.717, 1.165) is 17.1 Å². The maximum absolute atomic E-state index is 12.4. The number of tetrazole rings is 1. The van der Waals surface area contributed by atoms with Crippen molar-refractivity contribution < 1.29 is 13.2 Å². The van der Waals surface area contributed by atoms with Crippen LogP contribution < -0.4 is 0 Å². The molecule has 0 unspecified atom stereocenters. The largest absolute Gasteiger partial charge is 0.420 e. The molecule has 2 aromatic rings. The number of rotatable bonds is 1. The fourth-order valence-corrected chi connectivity index (χ4v) is 1.04. The van der Waals surface area contributed by atoms with Crippen LogP contribution in [0.2, 0.25) is 0 Å². The minimum atomic E-state index is -4.42. The summed E-state index contributed by atoms with van der Waals surface area (Å²) >= 11 is 0. The number of nitrogens with one attached hydrogen (secondary N) is 1. The van der Waals surface area contributed by atoms with Gasteiger partial charge in [-0.15, -0.1) is 5.10 Å². The van der Waals surface area contributed by atoms with E-state index in [0.29, 0.717) is 0 Å². The molecule has 8 heteroatoms. The molecule has 1 N–H and O–H groups in total. The van der Waals surface area contributed by atoms with Crippen molar-refractivity contribution in [2.24, 2.45) is 0 Å². The van der Waals surface area contributed by atoms with Crippen molar-refractivity contribution in [1.82, 2.24) is 25.2 Å². The maximum atomic E-state index is 12.4. The summed E-state index contributed by atoms with van der Waals surface area (Å²) in [5, 5.41) is 9.85. The van der Waals surface area contributed by atoms with E-state index in [1.807, 2.05) is 0 Å². The number of hydrogen-bond donors (Lipinski definition) is 1. The molecule has 0 amide bonds. The van der Waals surface area contributed by atoms with Gasteiger partial charge >= 0.3 is 6.18 Å². The fourth-order valence-electron chi connectivity index (χ4n) is 1.04. The van der Waals surface area contributed by atoms with Crippen molar-refractivity contribution >= 4 is 0 Å². The molecule has 5 nitrogen and oxygen atoms in total. The Morgan fingerprint density at radius 3 is 2.71 bits per heavy atom. The second kappa shape index (κ2) is 2.82. The van der Waals surface area contributed by atoms with Crippen molar-refractivity contribution in [3.63, 3.8) is 0 Å². The SMILES string of the molecule is FC(F)(F)c1cc[nH]c1-n1cnnn1. The lowest BCUT2D eigenvalue weighted by molar-refractivity contribution is -0.137. The molecular formula is C6H4F3N5. The van der Waals surface area contributed by atoms with Gasteiger partial charge in [-0.05, 0) is 16.5 Å². The summed E-state index contributed by atoms with van der Waals surface area (Å²) in [4.78, 5) is 2.42. The summed E-state index contributed by atoms with van der Waals surface area (Å²) < 4.78 is 38.0. The average molecular weight is 203 g/mol. The summed E-state index contributed by atoms with van der Waals surface area (Å²) in [6.45, 7) is 0. The van der Waals surface area contributed by atoms with Crippen LogP contribution in [-0.4, -0.2) is 25.2 Å². The second-order valence-corrected chi connectivity index (χ2v) is 2.49.